The number of carbonyl (C=O) groups is 6. The zero-order chi connectivity index (χ0) is 32.0. The van der Waals surface area contributed by atoms with Crippen molar-refractivity contribution in [3.63, 3.8) is 0 Å². The fourth-order valence-electron chi connectivity index (χ4n) is 4.93. The molecule has 0 aromatic heterocycles. The summed E-state index contributed by atoms with van der Waals surface area (Å²) in [6.45, 7) is 1.90. The number of carbonyl (C=O) groups excluding carboxylic acids is 6. The highest BCUT2D eigenvalue weighted by Gasteiger charge is 2.40. The molecule has 2 heterocycles. The summed E-state index contributed by atoms with van der Waals surface area (Å²) in [5, 5.41) is 0. The number of piperazine rings is 2. The van der Waals surface area contributed by atoms with E-state index in [9.17, 15) is 28.8 Å². The molecule has 4 atom stereocenters. The lowest BCUT2D eigenvalue weighted by Crippen LogP contribution is -2.63. The van der Waals surface area contributed by atoms with E-state index in [1.165, 1.54) is 0 Å². The number of nitrogens with zero attached hydrogens (tertiary/aromatic N) is 4. The third kappa shape index (κ3) is 7.52. The molecule has 2 aliphatic heterocycles. The summed E-state index contributed by atoms with van der Waals surface area (Å²) in [4.78, 5) is 81.1. The van der Waals surface area contributed by atoms with E-state index in [-0.39, 0.29) is 26.2 Å². The highest BCUT2D eigenvalue weighted by atomic mass is 16.6. The number of rotatable bonds is 11. The van der Waals surface area contributed by atoms with Crippen LogP contribution >= 0.6 is 0 Å². The molecule has 14 nitrogen and oxygen atoms in total. The summed E-state index contributed by atoms with van der Waals surface area (Å²) >= 11 is 0. The van der Waals surface area contributed by atoms with Gasteiger partial charge in [0.05, 0.1) is 26.2 Å². The van der Waals surface area contributed by atoms with E-state index in [1.54, 1.807) is 84.3 Å². The Morgan fingerprint density at radius 3 is 1.20 bits per heavy atom. The van der Waals surface area contributed by atoms with Gasteiger partial charge in [0.25, 0.3) is 0 Å². The number of nitrogens with two attached hydrogens (primary N) is 2. The highest BCUT2D eigenvalue weighted by Crippen LogP contribution is 2.19. The maximum Gasteiger partial charge on any atom is 0.329 e. The number of benzene rings is 2. The molecule has 0 radical (unpaired) electrons. The Balaban J connectivity index is 1.26. The minimum Gasteiger partial charge on any atom is -0.442 e. The van der Waals surface area contributed by atoms with Gasteiger partial charge in [-0.15, -0.1) is 0 Å². The number of hydrogen-bond acceptors (Lipinski definition) is 12. The summed E-state index contributed by atoms with van der Waals surface area (Å²) in [5.74, 6) is -3.79. The van der Waals surface area contributed by atoms with Gasteiger partial charge in [-0.05, 0) is 25.0 Å². The van der Waals surface area contributed by atoms with E-state index >= 15 is 0 Å². The lowest BCUT2D eigenvalue weighted by atomic mass is 10.1. The lowest BCUT2D eigenvalue weighted by molar-refractivity contribution is -0.169. The molecule has 4 rings (SSSR count). The fraction of sp³-hybridized carbons (Fsp3) is 0.400. The molecule has 4 unspecified atom stereocenters. The summed E-state index contributed by atoms with van der Waals surface area (Å²) in [6.07, 6.45) is 0. The maximum atomic E-state index is 12.8. The van der Waals surface area contributed by atoms with Crippen LogP contribution in [0.2, 0.25) is 0 Å². The Morgan fingerprint density at radius 2 is 0.909 bits per heavy atom. The molecule has 0 saturated carbocycles. The second-order valence-electron chi connectivity index (χ2n) is 10.7. The van der Waals surface area contributed by atoms with Gasteiger partial charge >= 0.3 is 11.9 Å². The molecule has 4 amide bonds. The average molecular weight is 609 g/mol. The van der Waals surface area contributed by atoms with Crippen molar-refractivity contribution >= 4 is 35.6 Å². The molecule has 0 bridgehead atoms. The van der Waals surface area contributed by atoms with Crippen LogP contribution in [0.3, 0.4) is 0 Å². The van der Waals surface area contributed by atoms with Crippen LogP contribution in [0, 0.1) is 0 Å². The predicted molar refractivity (Wildman–Crippen MR) is 154 cm³/mol. The first-order valence-electron chi connectivity index (χ1n) is 14.1. The van der Waals surface area contributed by atoms with Crippen molar-refractivity contribution in [1.29, 1.82) is 0 Å². The zero-order valence-corrected chi connectivity index (χ0v) is 24.5. The van der Waals surface area contributed by atoms with E-state index < -0.39 is 73.2 Å². The van der Waals surface area contributed by atoms with Crippen LogP contribution in [-0.2, 0) is 38.2 Å². The van der Waals surface area contributed by atoms with E-state index in [0.29, 0.717) is 11.1 Å². The Labute approximate surface area is 254 Å². The molecule has 2 fully saturated rings. The van der Waals surface area contributed by atoms with Crippen LogP contribution in [0.4, 0.5) is 0 Å². The van der Waals surface area contributed by atoms with Crippen LogP contribution < -0.4 is 11.5 Å². The van der Waals surface area contributed by atoms with Gasteiger partial charge in [0.2, 0.25) is 23.6 Å². The van der Waals surface area contributed by atoms with Crippen molar-refractivity contribution in [2.75, 3.05) is 39.6 Å². The first-order valence-corrected chi connectivity index (χ1v) is 14.1. The van der Waals surface area contributed by atoms with Gasteiger partial charge in [0.15, 0.2) is 13.5 Å². The predicted octanol–water partition coefficient (Wildman–Crippen LogP) is -0.494. The first-order chi connectivity index (χ1) is 21.0. The zero-order valence-electron chi connectivity index (χ0n) is 24.5. The van der Waals surface area contributed by atoms with Crippen molar-refractivity contribution < 1.29 is 38.2 Å². The number of esters is 2. The third-order valence-corrected chi connectivity index (χ3v) is 7.90. The van der Waals surface area contributed by atoms with Gasteiger partial charge in [-0.1, -0.05) is 60.7 Å². The van der Waals surface area contributed by atoms with Crippen molar-refractivity contribution in [1.82, 2.24) is 19.6 Å². The Hall–Kier alpha value is -4.50. The van der Waals surface area contributed by atoms with Crippen molar-refractivity contribution in [3.05, 3.63) is 71.8 Å². The monoisotopic (exact) mass is 608 g/mol. The quantitative estimate of drug-likeness (QED) is 0.247. The molecule has 2 aromatic rings. The number of ether oxygens (including phenoxy) is 2. The maximum absolute atomic E-state index is 12.8. The van der Waals surface area contributed by atoms with E-state index in [2.05, 4.69) is 0 Å². The topological polar surface area (TPSA) is 186 Å². The normalized spacial score (nSPS) is 19.4. The van der Waals surface area contributed by atoms with Crippen LogP contribution in [-0.4, -0.2) is 107 Å². The highest BCUT2D eigenvalue weighted by molar-refractivity contribution is 6.00. The largest absolute Gasteiger partial charge is 0.442 e. The van der Waals surface area contributed by atoms with Gasteiger partial charge in [-0.25, -0.2) is 19.4 Å². The van der Waals surface area contributed by atoms with Gasteiger partial charge in [-0.2, -0.15) is 0 Å². The number of hydrogen-bond donors (Lipinski definition) is 2. The van der Waals surface area contributed by atoms with E-state index in [0.717, 1.165) is 9.80 Å². The second kappa shape index (κ2) is 14.3. The van der Waals surface area contributed by atoms with E-state index in [1.807, 2.05) is 0 Å². The minimum absolute atomic E-state index is 0.140. The molecule has 234 valence electrons. The van der Waals surface area contributed by atoms with E-state index in [4.69, 9.17) is 20.9 Å². The Morgan fingerprint density at radius 1 is 0.614 bits per heavy atom. The lowest BCUT2D eigenvalue weighted by Gasteiger charge is -2.43. The summed E-state index contributed by atoms with van der Waals surface area (Å²) in [5.41, 5.74) is 12.9. The van der Waals surface area contributed by atoms with Crippen LogP contribution in [0.1, 0.15) is 37.1 Å². The van der Waals surface area contributed by atoms with Gasteiger partial charge < -0.3 is 20.9 Å². The van der Waals surface area contributed by atoms with Gasteiger partial charge in [-0.3, -0.25) is 29.0 Å². The molecular weight excluding hydrogens is 572 g/mol. The minimum atomic E-state index is -1.06. The van der Waals surface area contributed by atoms with Crippen molar-refractivity contribution in [2.45, 2.75) is 38.0 Å². The number of imide groups is 2. The molecule has 2 aromatic carbocycles. The van der Waals surface area contributed by atoms with Gasteiger partial charge in [0.1, 0.15) is 12.1 Å². The van der Waals surface area contributed by atoms with Crippen molar-refractivity contribution in [3.8, 4) is 0 Å². The fourth-order valence-corrected chi connectivity index (χ4v) is 4.93. The summed E-state index contributed by atoms with van der Waals surface area (Å²) in [6, 6.07) is 14.2. The van der Waals surface area contributed by atoms with Crippen LogP contribution in [0.5, 0.6) is 0 Å². The molecule has 2 aliphatic rings. The molecular formula is C30H36N6O8. The first kappa shape index (κ1) is 32.4. The third-order valence-electron chi connectivity index (χ3n) is 7.90. The van der Waals surface area contributed by atoms with Crippen LogP contribution in [0.25, 0.3) is 0 Å². The molecule has 0 spiro atoms. The van der Waals surface area contributed by atoms with Crippen molar-refractivity contribution in [2.24, 2.45) is 11.5 Å². The number of amides is 4. The molecule has 2 saturated heterocycles. The summed E-state index contributed by atoms with van der Waals surface area (Å²) < 4.78 is 10.3. The molecule has 0 aliphatic carbocycles. The SMILES string of the molecule is CC(C(C)N1CC(=O)N(COC(=O)C(N)c2ccccc2)C(=O)C1)N1CC(=O)N(COC(=O)C(N)c2ccccc2)C(=O)C1. The standard InChI is InChI=1S/C30H36N6O8/c1-19(33-13-23(37)35(24(38)14-33)17-43-29(41)27(31)21-9-5-3-6-10-21)20(2)34-15-25(39)36(26(40)16-34)18-44-30(42)28(32)22-11-7-4-8-12-22/h3-12,19-20,27-28H,13-18,31-32H2,1-2H3. The average Bonchev–Trinajstić information content (AvgIpc) is 3.02. The molecule has 14 heteroatoms. The molecule has 4 N–H and O–H groups in total. The molecule has 44 heavy (non-hydrogen) atoms. The Kier molecular flexibility index (Phi) is 10.5. The van der Waals surface area contributed by atoms with Crippen LogP contribution in [0.15, 0.2) is 60.7 Å². The Bertz CT molecular complexity index is 1250. The smallest absolute Gasteiger partial charge is 0.329 e. The van der Waals surface area contributed by atoms with Gasteiger partial charge in [0, 0.05) is 12.1 Å². The second-order valence-corrected chi connectivity index (χ2v) is 10.7. The summed E-state index contributed by atoms with van der Waals surface area (Å²) in [7, 11) is 0.